The number of nitro groups is 2. The summed E-state index contributed by atoms with van der Waals surface area (Å²) < 4.78 is 1.45. The fourth-order valence-corrected chi connectivity index (χ4v) is 3.49. The van der Waals surface area contributed by atoms with Crippen LogP contribution in [0.3, 0.4) is 0 Å². The largest absolute Gasteiger partial charge is 0.368 e. The molecule has 0 amide bonds. The zero-order chi connectivity index (χ0) is 23.7. The first-order valence-electron chi connectivity index (χ1n) is 9.57. The first kappa shape index (κ1) is 21.4. The molecule has 0 spiro atoms. The first-order chi connectivity index (χ1) is 15.7. The smallest absolute Gasteiger partial charge is 0.269 e. The molecule has 0 fully saturated rings. The van der Waals surface area contributed by atoms with Gasteiger partial charge in [0.1, 0.15) is 0 Å². The molecule has 0 unspecified atom stereocenters. The van der Waals surface area contributed by atoms with E-state index < -0.39 is 15.9 Å². The Morgan fingerprint density at radius 1 is 0.879 bits per heavy atom. The highest BCUT2D eigenvalue weighted by Gasteiger charge is 2.33. The van der Waals surface area contributed by atoms with Gasteiger partial charge in [-0.2, -0.15) is 0 Å². The Bertz CT molecular complexity index is 1310. The number of carbonyl (C=O) groups is 2. The van der Waals surface area contributed by atoms with Gasteiger partial charge in [0.25, 0.3) is 17.3 Å². The van der Waals surface area contributed by atoms with Crippen molar-refractivity contribution in [2.45, 2.75) is 18.9 Å². The van der Waals surface area contributed by atoms with E-state index in [-0.39, 0.29) is 58.8 Å². The Hall–Kier alpha value is -4.81. The topological polar surface area (TPSA) is 190 Å². The highest BCUT2D eigenvalue weighted by atomic mass is 16.6. The molecule has 0 saturated heterocycles. The molecule has 1 aromatic heterocycles. The zero-order valence-electron chi connectivity index (χ0n) is 16.8. The van der Waals surface area contributed by atoms with Gasteiger partial charge in [0, 0.05) is 41.8 Å². The van der Waals surface area contributed by atoms with E-state index in [1.165, 1.54) is 53.1 Å². The van der Waals surface area contributed by atoms with Gasteiger partial charge in [-0.1, -0.05) is 0 Å². The molecule has 1 aliphatic rings. The normalized spacial score (nSPS) is 14.4. The number of nitrogen functional groups attached to an aromatic ring is 1. The van der Waals surface area contributed by atoms with Crippen LogP contribution in [0.2, 0.25) is 0 Å². The maximum absolute atomic E-state index is 12.9. The molecule has 1 aliphatic heterocycles. The molecule has 3 aromatic rings. The number of nitrogens with zero attached hydrogens (tertiary/aromatic N) is 6. The van der Waals surface area contributed by atoms with Crippen LogP contribution < -0.4 is 5.73 Å². The number of Topliss-reactive ketones (excluding diaryl/α,β-unsaturated/α-hetero) is 2. The average molecular weight is 449 g/mol. The second kappa shape index (κ2) is 8.37. The molecule has 166 valence electrons. The maximum Gasteiger partial charge on any atom is 0.269 e. The summed E-state index contributed by atoms with van der Waals surface area (Å²) in [5.74, 6) is -0.520. The number of anilines is 1. The number of nitrogens with two attached hydrogens (primary N) is 1. The van der Waals surface area contributed by atoms with Crippen molar-refractivity contribution in [2.75, 3.05) is 5.73 Å². The van der Waals surface area contributed by atoms with Gasteiger partial charge in [-0.15, -0.1) is 10.2 Å². The minimum absolute atomic E-state index is 0.0213. The molecular formula is C20H15N7O6. The SMILES string of the molecule is Nc1nnc2n1[C@H](CC(=O)c1ccc([N+](=O)[O-])cc1)C(CC(=O)c1ccc([N+](=O)[O-])cc1)=N2. The summed E-state index contributed by atoms with van der Waals surface area (Å²) in [6.45, 7) is 0. The van der Waals surface area contributed by atoms with Gasteiger partial charge in [0.2, 0.25) is 5.95 Å². The Morgan fingerprint density at radius 3 is 1.91 bits per heavy atom. The van der Waals surface area contributed by atoms with Crippen molar-refractivity contribution in [3.8, 4) is 0 Å². The molecule has 33 heavy (non-hydrogen) atoms. The van der Waals surface area contributed by atoms with Crippen LogP contribution >= 0.6 is 0 Å². The average Bonchev–Trinajstić information content (AvgIpc) is 3.33. The van der Waals surface area contributed by atoms with Crippen molar-refractivity contribution in [2.24, 2.45) is 4.99 Å². The van der Waals surface area contributed by atoms with Crippen LogP contribution in [-0.2, 0) is 0 Å². The van der Waals surface area contributed by atoms with Gasteiger partial charge < -0.3 is 5.73 Å². The lowest BCUT2D eigenvalue weighted by Crippen LogP contribution is -2.22. The number of ketones is 2. The number of benzene rings is 2. The molecule has 0 radical (unpaired) electrons. The van der Waals surface area contributed by atoms with Crippen LogP contribution in [0.4, 0.5) is 23.3 Å². The maximum atomic E-state index is 12.9. The van der Waals surface area contributed by atoms with Crippen molar-refractivity contribution in [1.29, 1.82) is 0 Å². The first-order valence-corrected chi connectivity index (χ1v) is 9.57. The second-order valence-corrected chi connectivity index (χ2v) is 7.18. The van der Waals surface area contributed by atoms with E-state index in [1.807, 2.05) is 0 Å². The monoisotopic (exact) mass is 449 g/mol. The molecule has 13 heteroatoms. The number of hydrogen-bond acceptors (Lipinski definition) is 10. The number of non-ortho nitro benzene ring substituents is 2. The summed E-state index contributed by atoms with van der Waals surface area (Å²) in [6.07, 6.45) is -0.293. The van der Waals surface area contributed by atoms with Gasteiger partial charge >= 0.3 is 0 Å². The van der Waals surface area contributed by atoms with Crippen LogP contribution in [0.5, 0.6) is 0 Å². The third-order valence-corrected chi connectivity index (χ3v) is 5.16. The lowest BCUT2D eigenvalue weighted by molar-refractivity contribution is -0.385. The minimum Gasteiger partial charge on any atom is -0.368 e. The summed E-state index contributed by atoms with van der Waals surface area (Å²) in [7, 11) is 0. The Labute approximate surface area is 184 Å². The predicted octanol–water partition coefficient (Wildman–Crippen LogP) is 2.85. The zero-order valence-corrected chi connectivity index (χ0v) is 16.8. The Morgan fingerprint density at radius 2 is 1.39 bits per heavy atom. The molecule has 2 heterocycles. The van der Waals surface area contributed by atoms with E-state index in [4.69, 9.17) is 5.73 Å². The van der Waals surface area contributed by atoms with Crippen LogP contribution in [0.1, 0.15) is 39.6 Å². The number of aliphatic imine (C=N–C) groups is 1. The summed E-state index contributed by atoms with van der Waals surface area (Å²) >= 11 is 0. The molecule has 0 bridgehead atoms. The lowest BCUT2D eigenvalue weighted by Gasteiger charge is -2.15. The third-order valence-electron chi connectivity index (χ3n) is 5.16. The van der Waals surface area contributed by atoms with Crippen molar-refractivity contribution >= 4 is 40.5 Å². The summed E-state index contributed by atoms with van der Waals surface area (Å²) in [5, 5.41) is 29.2. The molecule has 2 N–H and O–H groups in total. The van der Waals surface area contributed by atoms with Crippen LogP contribution in [-0.4, -0.2) is 41.9 Å². The van der Waals surface area contributed by atoms with E-state index in [2.05, 4.69) is 15.2 Å². The molecule has 2 aromatic carbocycles. The Kier molecular flexibility index (Phi) is 5.44. The van der Waals surface area contributed by atoms with E-state index in [0.717, 1.165) is 0 Å². The molecule has 0 aliphatic carbocycles. The minimum atomic E-state index is -0.723. The number of nitro benzene ring substituents is 2. The quantitative estimate of drug-likeness (QED) is 0.306. The van der Waals surface area contributed by atoms with Crippen molar-refractivity contribution in [3.63, 3.8) is 0 Å². The van der Waals surface area contributed by atoms with Crippen molar-refractivity contribution in [3.05, 3.63) is 79.9 Å². The number of carbonyl (C=O) groups excluding carboxylic acids is 2. The van der Waals surface area contributed by atoms with E-state index in [9.17, 15) is 29.8 Å². The standard InChI is InChI=1S/C20H15N7O6/c21-19-23-24-20-22-15(9-17(28)11-1-5-13(6-2-11)26(30)31)16(25(19)20)10-18(29)12-3-7-14(8-4-12)27(32)33/h1-8,16H,9-10H2,(H2,21,23)/t16-/m1/s1. The number of fused-ring (bicyclic) bond motifs is 1. The molecule has 4 rings (SSSR count). The summed E-state index contributed by atoms with van der Waals surface area (Å²) in [5.41, 5.74) is 6.43. The van der Waals surface area contributed by atoms with Crippen molar-refractivity contribution in [1.82, 2.24) is 14.8 Å². The number of aromatic nitrogens is 3. The highest BCUT2D eigenvalue weighted by molar-refractivity contribution is 6.13. The van der Waals surface area contributed by atoms with Crippen LogP contribution in [0.15, 0.2) is 53.5 Å². The third kappa shape index (κ3) is 4.19. The van der Waals surface area contributed by atoms with Crippen LogP contribution in [0.25, 0.3) is 0 Å². The molecule has 13 nitrogen and oxygen atoms in total. The van der Waals surface area contributed by atoms with Gasteiger partial charge in [0.05, 0.1) is 28.0 Å². The second-order valence-electron chi connectivity index (χ2n) is 7.18. The fourth-order valence-electron chi connectivity index (χ4n) is 3.49. The van der Waals surface area contributed by atoms with Crippen LogP contribution in [0, 0.1) is 20.2 Å². The van der Waals surface area contributed by atoms with Gasteiger partial charge in [-0.3, -0.25) is 34.4 Å². The number of rotatable bonds is 8. The van der Waals surface area contributed by atoms with Crippen molar-refractivity contribution < 1.29 is 19.4 Å². The highest BCUT2D eigenvalue weighted by Crippen LogP contribution is 2.34. The lowest BCUT2D eigenvalue weighted by atomic mass is 9.96. The fraction of sp³-hybridized carbons (Fsp3) is 0.150. The van der Waals surface area contributed by atoms with E-state index in [1.54, 1.807) is 0 Å². The molecule has 1 atom stereocenters. The predicted molar refractivity (Wildman–Crippen MR) is 115 cm³/mol. The molecule has 0 saturated carbocycles. The summed E-state index contributed by atoms with van der Waals surface area (Å²) in [4.78, 5) is 50.4. The van der Waals surface area contributed by atoms with Gasteiger partial charge in [0.15, 0.2) is 11.6 Å². The van der Waals surface area contributed by atoms with Gasteiger partial charge in [-0.05, 0) is 24.3 Å². The molecular weight excluding hydrogens is 434 g/mol. The Balaban J connectivity index is 1.56. The number of hydrogen-bond donors (Lipinski definition) is 1. The van der Waals surface area contributed by atoms with E-state index in [0.29, 0.717) is 5.71 Å². The summed E-state index contributed by atoms with van der Waals surface area (Å²) in [6, 6.07) is 9.59. The van der Waals surface area contributed by atoms with E-state index >= 15 is 0 Å². The van der Waals surface area contributed by atoms with Gasteiger partial charge in [-0.25, -0.2) is 4.99 Å².